The first-order valence-electron chi connectivity index (χ1n) is 9.97. The zero-order chi connectivity index (χ0) is 21.3. The summed E-state index contributed by atoms with van der Waals surface area (Å²) in [6.45, 7) is 5.25. The number of benzene rings is 2. The Morgan fingerprint density at radius 3 is 2.70 bits per heavy atom. The number of amides is 1. The summed E-state index contributed by atoms with van der Waals surface area (Å²) < 4.78 is 38.5. The molecule has 0 bridgehead atoms. The first-order chi connectivity index (χ1) is 14.3. The molecule has 3 aromatic rings. The summed E-state index contributed by atoms with van der Waals surface area (Å²) in [6.07, 6.45) is -2.17. The maximum Gasteiger partial charge on any atom is 0.449 e. The van der Waals surface area contributed by atoms with Crippen molar-refractivity contribution in [1.29, 1.82) is 0 Å². The molecule has 0 radical (unpaired) electrons. The van der Waals surface area contributed by atoms with Crippen molar-refractivity contribution in [2.75, 3.05) is 18.4 Å². The molecule has 1 aliphatic rings. The predicted molar refractivity (Wildman–Crippen MR) is 109 cm³/mol. The number of H-pyrrole nitrogens is 1. The van der Waals surface area contributed by atoms with E-state index in [1.807, 2.05) is 18.2 Å². The Labute approximate surface area is 172 Å². The molecular formula is C22H23F3N4O. The molecule has 1 aliphatic heterocycles. The third kappa shape index (κ3) is 4.64. The van der Waals surface area contributed by atoms with Crippen LogP contribution in [-0.2, 0) is 12.7 Å². The number of piperidine rings is 1. The van der Waals surface area contributed by atoms with Crippen LogP contribution < -0.4 is 5.32 Å². The highest BCUT2D eigenvalue weighted by atomic mass is 19.4. The summed E-state index contributed by atoms with van der Waals surface area (Å²) in [5.41, 5.74) is 2.36. The lowest BCUT2D eigenvalue weighted by Crippen LogP contribution is -2.32. The number of fused-ring (bicyclic) bond motifs is 1. The standard InChI is InChI=1S/C22H23F3N4O/c1-14-7-9-29(10-8-14)13-15-3-2-4-17(11-15)26-20(30)16-5-6-18-19(12-16)28-21(27-18)22(23,24)25/h2-6,11-12,14H,7-10,13H2,1H3,(H,26,30)(H,27,28). The number of rotatable bonds is 4. The molecule has 4 rings (SSSR count). The summed E-state index contributed by atoms with van der Waals surface area (Å²) in [5.74, 6) is -0.690. The number of aromatic amines is 1. The minimum absolute atomic E-state index is 0.164. The molecule has 30 heavy (non-hydrogen) atoms. The molecule has 0 aliphatic carbocycles. The number of nitrogens with zero attached hydrogens (tertiary/aromatic N) is 2. The molecule has 0 saturated carbocycles. The highest BCUT2D eigenvalue weighted by molar-refractivity contribution is 6.05. The minimum Gasteiger partial charge on any atom is -0.334 e. The maximum absolute atomic E-state index is 12.8. The molecule has 8 heteroatoms. The number of imidazole rings is 1. The number of anilines is 1. The zero-order valence-electron chi connectivity index (χ0n) is 16.6. The number of aromatic nitrogens is 2. The largest absolute Gasteiger partial charge is 0.449 e. The average molecular weight is 416 g/mol. The number of hydrogen-bond donors (Lipinski definition) is 2. The summed E-state index contributed by atoms with van der Waals surface area (Å²) in [5, 5.41) is 2.83. The molecular weight excluding hydrogens is 393 g/mol. The summed E-state index contributed by atoms with van der Waals surface area (Å²) >= 11 is 0. The lowest BCUT2D eigenvalue weighted by Gasteiger charge is -2.30. The van der Waals surface area contributed by atoms with Crippen LogP contribution in [0.1, 0.15) is 41.5 Å². The van der Waals surface area contributed by atoms with Gasteiger partial charge in [-0.25, -0.2) is 4.98 Å². The van der Waals surface area contributed by atoms with Gasteiger partial charge >= 0.3 is 6.18 Å². The second kappa shape index (κ2) is 8.10. The smallest absolute Gasteiger partial charge is 0.334 e. The van der Waals surface area contributed by atoms with Gasteiger partial charge in [0, 0.05) is 17.8 Å². The van der Waals surface area contributed by atoms with Crippen molar-refractivity contribution in [3.05, 3.63) is 59.4 Å². The second-order valence-electron chi connectivity index (χ2n) is 7.93. The van der Waals surface area contributed by atoms with E-state index in [-0.39, 0.29) is 22.5 Å². The lowest BCUT2D eigenvalue weighted by atomic mass is 9.99. The molecule has 1 saturated heterocycles. The second-order valence-corrected chi connectivity index (χ2v) is 7.93. The zero-order valence-corrected chi connectivity index (χ0v) is 16.6. The molecule has 1 aromatic heterocycles. The molecule has 2 N–H and O–H groups in total. The van der Waals surface area contributed by atoms with E-state index in [1.165, 1.54) is 31.0 Å². The SMILES string of the molecule is CC1CCN(Cc2cccc(NC(=O)c3ccc4nc(C(F)(F)F)[nH]c4c3)c2)CC1. The fraction of sp³-hybridized carbons (Fsp3) is 0.364. The van der Waals surface area contributed by atoms with Crippen molar-refractivity contribution in [3.63, 3.8) is 0 Å². The van der Waals surface area contributed by atoms with Crippen LogP contribution in [-0.4, -0.2) is 33.9 Å². The van der Waals surface area contributed by atoms with Crippen LogP contribution in [0.3, 0.4) is 0 Å². The first-order valence-corrected chi connectivity index (χ1v) is 9.97. The van der Waals surface area contributed by atoms with Gasteiger partial charge in [0.15, 0.2) is 0 Å². The Kier molecular flexibility index (Phi) is 5.51. The van der Waals surface area contributed by atoms with Gasteiger partial charge in [-0.15, -0.1) is 0 Å². The molecule has 0 spiro atoms. The number of hydrogen-bond acceptors (Lipinski definition) is 3. The molecule has 2 aromatic carbocycles. The molecule has 1 fully saturated rings. The Hall–Kier alpha value is -2.87. The van der Waals surface area contributed by atoms with Crippen LogP contribution in [0.15, 0.2) is 42.5 Å². The van der Waals surface area contributed by atoms with Crippen molar-refractivity contribution in [3.8, 4) is 0 Å². The number of halogens is 3. The van der Waals surface area contributed by atoms with E-state index < -0.39 is 12.0 Å². The Morgan fingerprint density at radius 2 is 1.97 bits per heavy atom. The van der Waals surface area contributed by atoms with Crippen LogP contribution in [0.5, 0.6) is 0 Å². The van der Waals surface area contributed by atoms with Crippen molar-refractivity contribution in [2.45, 2.75) is 32.5 Å². The maximum atomic E-state index is 12.8. The fourth-order valence-electron chi connectivity index (χ4n) is 3.71. The Morgan fingerprint density at radius 1 is 1.20 bits per heavy atom. The third-order valence-electron chi connectivity index (χ3n) is 5.48. The van der Waals surface area contributed by atoms with Crippen LogP contribution in [0.4, 0.5) is 18.9 Å². The lowest BCUT2D eigenvalue weighted by molar-refractivity contribution is -0.144. The van der Waals surface area contributed by atoms with Gasteiger partial charge in [0.25, 0.3) is 5.91 Å². The van der Waals surface area contributed by atoms with E-state index in [9.17, 15) is 18.0 Å². The van der Waals surface area contributed by atoms with Crippen molar-refractivity contribution in [2.24, 2.45) is 5.92 Å². The monoisotopic (exact) mass is 416 g/mol. The van der Waals surface area contributed by atoms with Gasteiger partial charge in [-0.1, -0.05) is 19.1 Å². The van der Waals surface area contributed by atoms with E-state index in [1.54, 1.807) is 6.07 Å². The van der Waals surface area contributed by atoms with Gasteiger partial charge in [-0.2, -0.15) is 13.2 Å². The topological polar surface area (TPSA) is 61.0 Å². The van der Waals surface area contributed by atoms with Crippen LogP contribution in [0.2, 0.25) is 0 Å². The Balaban J connectivity index is 1.45. The molecule has 0 unspecified atom stereocenters. The van der Waals surface area contributed by atoms with Crippen LogP contribution >= 0.6 is 0 Å². The molecule has 2 heterocycles. The average Bonchev–Trinajstić information content (AvgIpc) is 3.14. The van der Waals surface area contributed by atoms with E-state index in [4.69, 9.17) is 0 Å². The Bertz CT molecular complexity index is 1050. The van der Waals surface area contributed by atoms with Gasteiger partial charge in [-0.3, -0.25) is 9.69 Å². The summed E-state index contributed by atoms with van der Waals surface area (Å²) in [7, 11) is 0. The van der Waals surface area contributed by atoms with E-state index in [0.29, 0.717) is 5.69 Å². The molecule has 158 valence electrons. The fourth-order valence-corrected chi connectivity index (χ4v) is 3.71. The van der Waals surface area contributed by atoms with Crippen LogP contribution in [0, 0.1) is 5.92 Å². The van der Waals surface area contributed by atoms with Gasteiger partial charge in [-0.05, 0) is 67.7 Å². The van der Waals surface area contributed by atoms with E-state index in [2.05, 4.69) is 27.1 Å². The number of carbonyl (C=O) groups excluding carboxylic acids is 1. The highest BCUT2D eigenvalue weighted by Crippen LogP contribution is 2.29. The third-order valence-corrected chi connectivity index (χ3v) is 5.48. The van der Waals surface area contributed by atoms with Crippen molar-refractivity contribution >= 4 is 22.6 Å². The number of carbonyl (C=O) groups is 1. The quantitative estimate of drug-likeness (QED) is 0.625. The number of nitrogens with one attached hydrogen (secondary N) is 2. The van der Waals surface area contributed by atoms with Crippen LogP contribution in [0.25, 0.3) is 11.0 Å². The molecule has 0 atom stereocenters. The van der Waals surface area contributed by atoms with Gasteiger partial charge in [0.2, 0.25) is 5.82 Å². The van der Waals surface area contributed by atoms with Gasteiger partial charge in [0.1, 0.15) is 0 Å². The predicted octanol–water partition coefficient (Wildman–Crippen LogP) is 5.07. The van der Waals surface area contributed by atoms with Gasteiger partial charge in [0.05, 0.1) is 11.0 Å². The first kappa shape index (κ1) is 20.4. The normalized spacial score (nSPS) is 16.1. The van der Waals surface area contributed by atoms with Gasteiger partial charge < -0.3 is 10.3 Å². The number of alkyl halides is 3. The molecule has 5 nitrogen and oxygen atoms in total. The summed E-state index contributed by atoms with van der Waals surface area (Å²) in [4.78, 5) is 20.8. The molecule has 1 amide bonds. The van der Waals surface area contributed by atoms with Crippen molar-refractivity contribution in [1.82, 2.24) is 14.9 Å². The highest BCUT2D eigenvalue weighted by Gasteiger charge is 2.34. The van der Waals surface area contributed by atoms with E-state index in [0.717, 1.165) is 31.1 Å². The number of likely N-dealkylation sites (tertiary alicyclic amines) is 1. The summed E-state index contributed by atoms with van der Waals surface area (Å²) in [6, 6.07) is 11.9. The van der Waals surface area contributed by atoms with E-state index >= 15 is 0 Å². The van der Waals surface area contributed by atoms with Crippen molar-refractivity contribution < 1.29 is 18.0 Å². The minimum atomic E-state index is -4.56.